The third kappa shape index (κ3) is 5.86. The average Bonchev–Trinajstić information content (AvgIpc) is 2.37. The van der Waals surface area contributed by atoms with Gasteiger partial charge in [0.1, 0.15) is 18.3 Å². The van der Waals surface area contributed by atoms with Crippen LogP contribution in [0.5, 0.6) is 5.75 Å². The highest BCUT2D eigenvalue weighted by molar-refractivity contribution is 5.23. The van der Waals surface area contributed by atoms with Gasteiger partial charge in [0.25, 0.3) is 0 Å². The molecule has 1 aromatic carbocycles. The number of nitrogens with two attached hydrogens (primary N) is 1. The van der Waals surface area contributed by atoms with Gasteiger partial charge >= 0.3 is 0 Å². The first-order chi connectivity index (χ1) is 8.52. The molecule has 0 aliphatic heterocycles. The molecule has 1 aliphatic rings. The Bertz CT molecular complexity index is 397. The second-order valence-electron chi connectivity index (χ2n) is 3.94. The molecule has 18 heavy (non-hydrogen) atoms. The summed E-state index contributed by atoms with van der Waals surface area (Å²) in [6.45, 7) is 3.81. The maximum atomic E-state index is 9.12. The Morgan fingerprint density at radius 3 is 2.06 bits per heavy atom. The topological polar surface area (TPSA) is 83.6 Å². The lowest BCUT2D eigenvalue weighted by molar-refractivity contribution is -0.0979. The minimum Gasteiger partial charge on any atom is -0.510 e. The van der Waals surface area contributed by atoms with E-state index in [0.29, 0.717) is 5.75 Å². The van der Waals surface area contributed by atoms with Crippen molar-refractivity contribution in [3.05, 3.63) is 54.3 Å². The van der Waals surface area contributed by atoms with E-state index in [1.165, 1.54) is 0 Å². The van der Waals surface area contributed by atoms with Crippen molar-refractivity contribution in [3.63, 3.8) is 0 Å². The molecule has 0 saturated carbocycles. The number of benzene rings is 1. The molecule has 0 amide bonds. The van der Waals surface area contributed by atoms with E-state index >= 15 is 0 Å². The van der Waals surface area contributed by atoms with E-state index in [4.69, 9.17) is 20.7 Å². The predicted octanol–water partition coefficient (Wildman–Crippen LogP) is 2.31. The molecule has 2 rings (SSSR count). The van der Waals surface area contributed by atoms with E-state index < -0.39 is 5.54 Å². The molecule has 1 aliphatic carbocycles. The van der Waals surface area contributed by atoms with Crippen molar-refractivity contribution in [2.24, 2.45) is 5.73 Å². The third-order valence-corrected chi connectivity index (χ3v) is 2.27. The number of para-hydroxylation sites is 1. The van der Waals surface area contributed by atoms with Gasteiger partial charge in [0.05, 0.1) is 5.54 Å². The zero-order valence-electron chi connectivity index (χ0n) is 10.4. The maximum absolute atomic E-state index is 9.12. The van der Waals surface area contributed by atoms with E-state index in [9.17, 15) is 0 Å². The minimum atomic E-state index is -0.533. The normalized spacial score (nSPS) is 20.7. The van der Waals surface area contributed by atoms with Crippen LogP contribution < -0.4 is 5.73 Å². The van der Waals surface area contributed by atoms with Crippen molar-refractivity contribution < 1.29 is 15.0 Å². The van der Waals surface area contributed by atoms with Crippen LogP contribution in [0.3, 0.4) is 0 Å². The number of phenols is 1. The average molecular weight is 249 g/mol. The molecule has 0 aromatic heterocycles. The zero-order chi connectivity index (χ0) is 14.0. The molecule has 1 atom stereocenters. The molecule has 4 heteroatoms. The molecule has 0 saturated heterocycles. The summed E-state index contributed by atoms with van der Waals surface area (Å²) in [7, 11) is 0. The van der Waals surface area contributed by atoms with E-state index in [1.54, 1.807) is 30.3 Å². The SMILES string of the molecule is C=O.CC1(N)CC=CC=C1O.Oc1ccccc1. The van der Waals surface area contributed by atoms with Crippen molar-refractivity contribution >= 4 is 6.79 Å². The summed E-state index contributed by atoms with van der Waals surface area (Å²) in [5, 5.41) is 17.8. The Labute approximate surface area is 107 Å². The Morgan fingerprint density at radius 1 is 1.22 bits per heavy atom. The second-order valence-corrected chi connectivity index (χ2v) is 3.94. The fourth-order valence-corrected chi connectivity index (χ4v) is 1.19. The molecule has 98 valence electrons. The number of carbonyl (C=O) groups excluding carboxylic acids is 1. The zero-order valence-corrected chi connectivity index (χ0v) is 10.4. The monoisotopic (exact) mass is 249 g/mol. The van der Waals surface area contributed by atoms with Crippen LogP contribution in [-0.2, 0) is 4.79 Å². The van der Waals surface area contributed by atoms with Gasteiger partial charge in [-0.3, -0.25) is 0 Å². The van der Waals surface area contributed by atoms with E-state index in [0.717, 1.165) is 6.42 Å². The van der Waals surface area contributed by atoms with Gasteiger partial charge in [-0.15, -0.1) is 0 Å². The van der Waals surface area contributed by atoms with Gasteiger partial charge in [-0.2, -0.15) is 0 Å². The maximum Gasteiger partial charge on any atom is 0.115 e. The first-order valence-corrected chi connectivity index (χ1v) is 5.40. The van der Waals surface area contributed by atoms with Crippen LogP contribution in [0.15, 0.2) is 54.3 Å². The van der Waals surface area contributed by atoms with E-state index in [1.807, 2.05) is 31.9 Å². The summed E-state index contributed by atoms with van der Waals surface area (Å²) in [6.07, 6.45) is 6.10. The van der Waals surface area contributed by atoms with Crippen molar-refractivity contribution in [2.45, 2.75) is 18.9 Å². The lowest BCUT2D eigenvalue weighted by Gasteiger charge is -2.23. The standard InChI is InChI=1S/C7H11NO.C6H6O.CH2O/c1-7(8)5-3-2-4-6(7)9;7-6-4-2-1-3-5-6;1-2/h2-4,9H,5,8H2,1H3;1-5,7H;1H2. The smallest absolute Gasteiger partial charge is 0.115 e. The van der Waals surface area contributed by atoms with Crippen molar-refractivity contribution in [1.82, 2.24) is 0 Å². The fourth-order valence-electron chi connectivity index (χ4n) is 1.19. The first-order valence-electron chi connectivity index (χ1n) is 5.40. The summed E-state index contributed by atoms with van der Waals surface area (Å²) in [5.41, 5.74) is 5.12. The molecular formula is C14H19NO3. The Morgan fingerprint density at radius 2 is 1.78 bits per heavy atom. The number of hydrogen-bond acceptors (Lipinski definition) is 4. The van der Waals surface area contributed by atoms with Crippen molar-refractivity contribution in [3.8, 4) is 5.75 Å². The largest absolute Gasteiger partial charge is 0.510 e. The van der Waals surface area contributed by atoms with Crippen LogP contribution in [0.2, 0.25) is 0 Å². The molecule has 1 aromatic rings. The Kier molecular flexibility index (Phi) is 7.15. The fraction of sp³-hybridized carbons (Fsp3) is 0.214. The summed E-state index contributed by atoms with van der Waals surface area (Å²) < 4.78 is 0. The summed E-state index contributed by atoms with van der Waals surface area (Å²) in [6, 6.07) is 8.71. The Balaban J connectivity index is 0.000000289. The van der Waals surface area contributed by atoms with Gasteiger partial charge in [-0.1, -0.05) is 30.4 Å². The number of hydrogen-bond donors (Lipinski definition) is 3. The summed E-state index contributed by atoms with van der Waals surface area (Å²) in [5.74, 6) is 0.590. The lowest BCUT2D eigenvalue weighted by atomic mass is 9.93. The second kappa shape index (κ2) is 8.08. The van der Waals surface area contributed by atoms with Crippen LogP contribution >= 0.6 is 0 Å². The molecule has 1 unspecified atom stereocenters. The highest BCUT2D eigenvalue weighted by Gasteiger charge is 2.22. The van der Waals surface area contributed by atoms with E-state index in [-0.39, 0.29) is 5.76 Å². The quantitative estimate of drug-likeness (QED) is 0.658. The number of carbonyl (C=O) groups is 1. The van der Waals surface area contributed by atoms with Crippen molar-refractivity contribution in [2.75, 3.05) is 0 Å². The van der Waals surface area contributed by atoms with Gasteiger partial charge in [-0.05, 0) is 31.6 Å². The van der Waals surface area contributed by atoms with Crippen LogP contribution in [0.25, 0.3) is 0 Å². The minimum absolute atomic E-state index is 0.269. The number of aliphatic hydroxyl groups is 1. The Hall–Kier alpha value is -2.07. The number of aliphatic hydroxyl groups excluding tert-OH is 1. The number of aromatic hydroxyl groups is 1. The molecule has 4 nitrogen and oxygen atoms in total. The molecule has 0 bridgehead atoms. The number of rotatable bonds is 0. The third-order valence-electron chi connectivity index (χ3n) is 2.27. The highest BCUT2D eigenvalue weighted by atomic mass is 16.3. The molecule has 0 heterocycles. The van der Waals surface area contributed by atoms with Gasteiger partial charge in [0.2, 0.25) is 0 Å². The molecule has 4 N–H and O–H groups in total. The molecule has 0 fully saturated rings. The van der Waals surface area contributed by atoms with Gasteiger partial charge in [0, 0.05) is 0 Å². The lowest BCUT2D eigenvalue weighted by Crippen LogP contribution is -2.38. The van der Waals surface area contributed by atoms with Gasteiger partial charge < -0.3 is 20.7 Å². The molecular weight excluding hydrogens is 230 g/mol. The predicted molar refractivity (Wildman–Crippen MR) is 72.3 cm³/mol. The van der Waals surface area contributed by atoms with E-state index in [2.05, 4.69) is 0 Å². The highest BCUT2D eigenvalue weighted by Crippen LogP contribution is 2.19. The van der Waals surface area contributed by atoms with Crippen molar-refractivity contribution in [1.29, 1.82) is 0 Å². The van der Waals surface area contributed by atoms with Crippen LogP contribution in [0.4, 0.5) is 0 Å². The summed E-state index contributed by atoms with van der Waals surface area (Å²) in [4.78, 5) is 8.00. The number of phenolic OH excluding ortho intramolecular Hbond substituents is 1. The molecule has 0 spiro atoms. The van der Waals surface area contributed by atoms with Crippen LogP contribution in [0.1, 0.15) is 13.3 Å². The van der Waals surface area contributed by atoms with Crippen LogP contribution in [-0.4, -0.2) is 22.5 Å². The number of allylic oxidation sites excluding steroid dienone is 2. The van der Waals surface area contributed by atoms with Crippen LogP contribution in [0, 0.1) is 0 Å². The van der Waals surface area contributed by atoms with Gasteiger partial charge in [-0.25, -0.2) is 0 Å². The summed E-state index contributed by atoms with van der Waals surface area (Å²) >= 11 is 0. The molecule has 0 radical (unpaired) electrons. The first kappa shape index (κ1) is 15.9. The van der Waals surface area contributed by atoms with Gasteiger partial charge in [0.15, 0.2) is 0 Å².